The van der Waals surface area contributed by atoms with E-state index in [1.807, 2.05) is 55.9 Å². The lowest BCUT2D eigenvalue weighted by molar-refractivity contribution is 0.601. The molecule has 2 N–H and O–H groups in total. The third-order valence-electron chi connectivity index (χ3n) is 4.04. The van der Waals surface area contributed by atoms with Gasteiger partial charge in [0.2, 0.25) is 0 Å². The van der Waals surface area contributed by atoms with Crippen LogP contribution in [0.25, 0.3) is 0 Å². The summed E-state index contributed by atoms with van der Waals surface area (Å²) in [6, 6.07) is 15.7. The molecule has 152 valence electrons. The number of nitrogens with one attached hydrogen (secondary N) is 2. The van der Waals surface area contributed by atoms with E-state index in [4.69, 9.17) is 0 Å². The molecule has 0 saturated heterocycles. The molecule has 0 aliphatic rings. The Kier molecular flexibility index (Phi) is 8.38. The van der Waals surface area contributed by atoms with E-state index in [1.54, 1.807) is 6.07 Å². The highest BCUT2D eigenvalue weighted by atomic mass is 32.2. The number of sulfone groups is 1. The first-order valence-electron chi connectivity index (χ1n) is 9.33. The highest BCUT2D eigenvalue weighted by Crippen LogP contribution is 2.22. The number of guanidine groups is 1. The molecule has 1 atom stereocenters. The maximum atomic E-state index is 11.7. The Hall–Kier alpha value is -1.99. The number of hydrogen-bond donors (Lipinski definition) is 2. The predicted molar refractivity (Wildman–Crippen MR) is 119 cm³/mol. The Morgan fingerprint density at radius 1 is 1.14 bits per heavy atom. The minimum absolute atomic E-state index is 0.372. The number of benzene rings is 2. The molecule has 28 heavy (non-hydrogen) atoms. The summed E-state index contributed by atoms with van der Waals surface area (Å²) in [4.78, 5) is 6.25. The number of rotatable bonds is 8. The lowest BCUT2D eigenvalue weighted by Crippen LogP contribution is -2.40. The minimum Gasteiger partial charge on any atom is -0.357 e. The number of aliphatic imine (C=N–C) groups is 1. The van der Waals surface area contributed by atoms with Gasteiger partial charge in [-0.2, -0.15) is 0 Å². The molecule has 0 fully saturated rings. The van der Waals surface area contributed by atoms with Gasteiger partial charge < -0.3 is 10.6 Å². The standard InChI is InChI=1S/C21H29N3O2S2/c1-5-22-21(23-14-17(3)27-19-9-7-6-8-10-19)24-15-18-11-12-20(16(2)13-18)28(4,25)26/h6-13,17H,5,14-15H2,1-4H3,(H2,22,23,24). The number of aryl methyl sites for hydroxylation is 1. The zero-order valence-corrected chi connectivity index (χ0v) is 18.5. The van der Waals surface area contributed by atoms with Crippen molar-refractivity contribution in [2.45, 2.75) is 42.4 Å². The van der Waals surface area contributed by atoms with Crippen LogP contribution in [0, 0.1) is 6.92 Å². The second kappa shape index (κ2) is 10.5. The Labute approximate surface area is 173 Å². The lowest BCUT2D eigenvalue weighted by Gasteiger charge is -2.16. The summed E-state index contributed by atoms with van der Waals surface area (Å²) >= 11 is 1.82. The maximum Gasteiger partial charge on any atom is 0.191 e. The zero-order valence-electron chi connectivity index (χ0n) is 16.9. The Morgan fingerprint density at radius 2 is 1.86 bits per heavy atom. The minimum atomic E-state index is -3.20. The Morgan fingerprint density at radius 3 is 2.46 bits per heavy atom. The van der Waals surface area contributed by atoms with E-state index < -0.39 is 9.84 Å². The molecule has 0 aromatic heterocycles. The third-order valence-corrected chi connectivity index (χ3v) is 6.41. The first-order chi connectivity index (χ1) is 13.3. The quantitative estimate of drug-likeness (QED) is 0.388. The summed E-state index contributed by atoms with van der Waals surface area (Å²) in [7, 11) is -3.20. The number of nitrogens with zero attached hydrogens (tertiary/aromatic N) is 1. The molecule has 7 heteroatoms. The Balaban J connectivity index is 1.97. The predicted octanol–water partition coefficient (Wildman–Crippen LogP) is 3.63. The van der Waals surface area contributed by atoms with Crippen molar-refractivity contribution in [1.82, 2.24) is 10.6 Å². The van der Waals surface area contributed by atoms with Crippen LogP contribution in [0.15, 0.2) is 63.3 Å². The summed E-state index contributed by atoms with van der Waals surface area (Å²) in [6.07, 6.45) is 1.23. The smallest absolute Gasteiger partial charge is 0.191 e. The first-order valence-corrected chi connectivity index (χ1v) is 12.1. The van der Waals surface area contributed by atoms with Crippen LogP contribution in [0.5, 0.6) is 0 Å². The molecule has 2 aromatic rings. The van der Waals surface area contributed by atoms with Crippen LogP contribution < -0.4 is 10.6 Å². The van der Waals surface area contributed by atoms with E-state index in [1.165, 1.54) is 11.2 Å². The topological polar surface area (TPSA) is 70.6 Å². The fourth-order valence-electron chi connectivity index (χ4n) is 2.75. The highest BCUT2D eigenvalue weighted by Gasteiger charge is 2.11. The van der Waals surface area contributed by atoms with Crippen LogP contribution in [0.4, 0.5) is 0 Å². The zero-order chi connectivity index (χ0) is 20.6. The van der Waals surface area contributed by atoms with Crippen LogP contribution >= 0.6 is 11.8 Å². The monoisotopic (exact) mass is 419 g/mol. The molecule has 1 unspecified atom stereocenters. The molecule has 0 amide bonds. The van der Waals surface area contributed by atoms with E-state index in [-0.39, 0.29) is 0 Å². The van der Waals surface area contributed by atoms with Crippen molar-refractivity contribution in [3.63, 3.8) is 0 Å². The van der Waals surface area contributed by atoms with E-state index in [0.717, 1.165) is 30.2 Å². The molecule has 0 bridgehead atoms. The van der Waals surface area contributed by atoms with E-state index in [2.05, 4.69) is 34.7 Å². The van der Waals surface area contributed by atoms with Crippen LogP contribution in [0.3, 0.4) is 0 Å². The van der Waals surface area contributed by atoms with Gasteiger partial charge in [-0.15, -0.1) is 11.8 Å². The number of hydrogen-bond acceptors (Lipinski definition) is 4. The van der Waals surface area contributed by atoms with Gasteiger partial charge in [0.25, 0.3) is 0 Å². The van der Waals surface area contributed by atoms with Crippen LogP contribution in [-0.4, -0.2) is 39.0 Å². The summed E-state index contributed by atoms with van der Waals surface area (Å²) in [5.41, 5.74) is 1.73. The lowest BCUT2D eigenvalue weighted by atomic mass is 10.1. The average Bonchev–Trinajstić information content (AvgIpc) is 2.64. The van der Waals surface area contributed by atoms with Crippen LogP contribution in [0.1, 0.15) is 25.0 Å². The van der Waals surface area contributed by atoms with Crippen molar-refractivity contribution in [3.8, 4) is 0 Å². The van der Waals surface area contributed by atoms with Gasteiger partial charge in [-0.3, -0.25) is 0 Å². The fourth-order valence-corrected chi connectivity index (χ4v) is 4.66. The summed E-state index contributed by atoms with van der Waals surface area (Å²) in [5.74, 6) is 0.757. The molecule has 0 heterocycles. The van der Waals surface area contributed by atoms with Crippen LogP contribution in [-0.2, 0) is 16.4 Å². The molecule has 2 aromatic carbocycles. The van der Waals surface area contributed by atoms with E-state index in [9.17, 15) is 8.42 Å². The van der Waals surface area contributed by atoms with Crippen molar-refractivity contribution in [3.05, 3.63) is 59.7 Å². The first kappa shape index (κ1) is 22.3. The Bertz CT molecular complexity index is 897. The second-order valence-electron chi connectivity index (χ2n) is 6.69. The van der Waals surface area contributed by atoms with Crippen molar-refractivity contribution in [2.75, 3.05) is 19.3 Å². The summed E-state index contributed by atoms with van der Waals surface area (Å²) < 4.78 is 23.5. The highest BCUT2D eigenvalue weighted by molar-refractivity contribution is 8.00. The van der Waals surface area contributed by atoms with E-state index >= 15 is 0 Å². The van der Waals surface area contributed by atoms with Gasteiger partial charge in [-0.05, 0) is 43.2 Å². The molecule has 0 spiro atoms. The summed E-state index contributed by atoms with van der Waals surface area (Å²) in [6.45, 7) is 8.08. The van der Waals surface area contributed by atoms with Crippen molar-refractivity contribution in [1.29, 1.82) is 0 Å². The van der Waals surface area contributed by atoms with E-state index in [0.29, 0.717) is 16.7 Å². The van der Waals surface area contributed by atoms with Gasteiger partial charge in [0.1, 0.15) is 0 Å². The van der Waals surface area contributed by atoms with Crippen molar-refractivity contribution >= 4 is 27.6 Å². The van der Waals surface area contributed by atoms with Gasteiger partial charge in [0, 0.05) is 29.5 Å². The molecule has 0 saturated carbocycles. The third kappa shape index (κ3) is 7.20. The molecule has 0 radical (unpaired) electrons. The van der Waals surface area contributed by atoms with Gasteiger partial charge in [0.15, 0.2) is 15.8 Å². The fraction of sp³-hybridized carbons (Fsp3) is 0.381. The largest absolute Gasteiger partial charge is 0.357 e. The molecule has 2 rings (SSSR count). The molecular formula is C21H29N3O2S2. The normalized spacial score (nSPS) is 13.2. The van der Waals surface area contributed by atoms with Gasteiger partial charge in [-0.1, -0.05) is 37.3 Å². The molecule has 0 aliphatic heterocycles. The van der Waals surface area contributed by atoms with Gasteiger partial charge in [0.05, 0.1) is 11.4 Å². The van der Waals surface area contributed by atoms with Crippen molar-refractivity contribution in [2.24, 2.45) is 4.99 Å². The van der Waals surface area contributed by atoms with Gasteiger partial charge >= 0.3 is 0 Å². The SMILES string of the molecule is CCNC(=NCc1ccc(S(C)(=O)=O)c(C)c1)NCC(C)Sc1ccccc1. The molecule has 0 aliphatic carbocycles. The maximum absolute atomic E-state index is 11.7. The second-order valence-corrected chi connectivity index (χ2v) is 10.2. The molecular weight excluding hydrogens is 390 g/mol. The number of thioether (sulfide) groups is 1. The average molecular weight is 420 g/mol. The van der Waals surface area contributed by atoms with Gasteiger partial charge in [-0.25, -0.2) is 13.4 Å². The van der Waals surface area contributed by atoms with Crippen molar-refractivity contribution < 1.29 is 8.42 Å². The van der Waals surface area contributed by atoms with Crippen LogP contribution in [0.2, 0.25) is 0 Å². The molecule has 5 nitrogen and oxygen atoms in total. The summed E-state index contributed by atoms with van der Waals surface area (Å²) in [5, 5.41) is 7.03.